The van der Waals surface area contributed by atoms with E-state index in [0.29, 0.717) is 12.0 Å². The number of hydrogen-bond donors (Lipinski definition) is 1. The van der Waals surface area contributed by atoms with Gasteiger partial charge in [0.05, 0.1) is 12.2 Å². The fraction of sp³-hybridized carbons (Fsp3) is 0.647. The Morgan fingerprint density at radius 2 is 1.95 bits per heavy atom. The molecule has 1 N–H and O–H groups in total. The van der Waals surface area contributed by atoms with Gasteiger partial charge in [0.1, 0.15) is 0 Å². The molecule has 0 heterocycles. The third-order valence-corrected chi connectivity index (χ3v) is 4.45. The molecule has 0 saturated heterocycles. The third-order valence-electron chi connectivity index (χ3n) is 4.19. The van der Waals surface area contributed by atoms with Crippen molar-refractivity contribution in [3.63, 3.8) is 0 Å². The third kappa shape index (κ3) is 4.47. The van der Waals surface area contributed by atoms with Crippen molar-refractivity contribution in [3.8, 4) is 0 Å². The molecule has 1 aromatic rings. The largest absolute Gasteiger partial charge is 0.369 e. The summed E-state index contributed by atoms with van der Waals surface area (Å²) >= 11 is 5.98. The molecule has 3 unspecified atom stereocenters. The second kappa shape index (κ2) is 8.02. The van der Waals surface area contributed by atoms with Gasteiger partial charge < -0.3 is 10.1 Å². The van der Waals surface area contributed by atoms with Gasteiger partial charge in [0.25, 0.3) is 0 Å². The Morgan fingerprint density at radius 3 is 2.60 bits per heavy atom. The molecule has 0 radical (unpaired) electrons. The Balaban J connectivity index is 2.04. The number of nitrogens with one attached hydrogen (secondary N) is 1. The van der Waals surface area contributed by atoms with Crippen molar-refractivity contribution in [1.29, 1.82) is 0 Å². The number of benzene rings is 1. The van der Waals surface area contributed by atoms with Crippen LogP contribution in [0.1, 0.15) is 51.2 Å². The fourth-order valence-electron chi connectivity index (χ4n) is 2.89. The molecule has 1 saturated carbocycles. The monoisotopic (exact) mass is 295 g/mol. The zero-order chi connectivity index (χ0) is 14.4. The summed E-state index contributed by atoms with van der Waals surface area (Å²) in [5.74, 6) is 0.667. The molecule has 3 heteroatoms. The standard InChI is InChI=1S/C17H26ClNO/c1-3-19-12-17(14-8-10-15(18)11-9-14)20-16-7-5-4-6-13(16)2/h8-11,13,16-17,19H,3-7,12H2,1-2H3. The van der Waals surface area contributed by atoms with Crippen LogP contribution in [-0.4, -0.2) is 19.2 Å². The van der Waals surface area contributed by atoms with Crippen molar-refractivity contribution in [2.45, 2.75) is 51.7 Å². The fourth-order valence-corrected chi connectivity index (χ4v) is 3.02. The van der Waals surface area contributed by atoms with E-state index in [1.165, 1.54) is 31.2 Å². The highest BCUT2D eigenvalue weighted by atomic mass is 35.5. The predicted molar refractivity (Wildman–Crippen MR) is 85.2 cm³/mol. The van der Waals surface area contributed by atoms with Gasteiger partial charge in [-0.3, -0.25) is 0 Å². The number of halogens is 1. The minimum Gasteiger partial charge on any atom is -0.369 e. The topological polar surface area (TPSA) is 21.3 Å². The highest BCUT2D eigenvalue weighted by molar-refractivity contribution is 6.30. The van der Waals surface area contributed by atoms with Crippen LogP contribution in [0.25, 0.3) is 0 Å². The van der Waals surface area contributed by atoms with Crippen LogP contribution in [0.4, 0.5) is 0 Å². The number of rotatable bonds is 6. The van der Waals surface area contributed by atoms with E-state index in [-0.39, 0.29) is 6.10 Å². The molecule has 0 bridgehead atoms. The van der Waals surface area contributed by atoms with E-state index in [0.717, 1.165) is 18.1 Å². The first-order valence-corrected chi connectivity index (χ1v) is 8.20. The van der Waals surface area contributed by atoms with Crippen molar-refractivity contribution in [2.24, 2.45) is 5.92 Å². The average molecular weight is 296 g/mol. The Morgan fingerprint density at radius 1 is 1.25 bits per heavy atom. The van der Waals surface area contributed by atoms with Gasteiger partial charge in [0, 0.05) is 11.6 Å². The predicted octanol–water partition coefficient (Wildman–Crippen LogP) is 4.59. The zero-order valence-electron chi connectivity index (χ0n) is 12.6. The lowest BCUT2D eigenvalue weighted by atomic mass is 9.87. The van der Waals surface area contributed by atoms with Crippen LogP contribution < -0.4 is 5.32 Å². The summed E-state index contributed by atoms with van der Waals surface area (Å²) in [5, 5.41) is 4.19. The van der Waals surface area contributed by atoms with Crippen molar-refractivity contribution in [2.75, 3.05) is 13.1 Å². The lowest BCUT2D eigenvalue weighted by Gasteiger charge is -2.32. The Bertz CT molecular complexity index is 392. The average Bonchev–Trinajstić information content (AvgIpc) is 2.46. The summed E-state index contributed by atoms with van der Waals surface area (Å²) in [7, 11) is 0. The van der Waals surface area contributed by atoms with Gasteiger partial charge in [-0.2, -0.15) is 0 Å². The molecule has 0 amide bonds. The van der Waals surface area contributed by atoms with E-state index in [9.17, 15) is 0 Å². The molecule has 1 aromatic carbocycles. The lowest BCUT2D eigenvalue weighted by molar-refractivity contribution is -0.0562. The van der Waals surface area contributed by atoms with E-state index in [1.807, 2.05) is 12.1 Å². The first kappa shape index (κ1) is 15.8. The summed E-state index contributed by atoms with van der Waals surface area (Å²) in [6.45, 7) is 6.27. The smallest absolute Gasteiger partial charge is 0.0953 e. The molecule has 3 atom stereocenters. The van der Waals surface area contributed by atoms with Gasteiger partial charge in [-0.15, -0.1) is 0 Å². The Kier molecular flexibility index (Phi) is 6.34. The van der Waals surface area contributed by atoms with Crippen LogP contribution in [0.3, 0.4) is 0 Å². The SMILES string of the molecule is CCNCC(OC1CCCCC1C)c1ccc(Cl)cc1. The zero-order valence-corrected chi connectivity index (χ0v) is 13.3. The van der Waals surface area contributed by atoms with Crippen molar-refractivity contribution in [3.05, 3.63) is 34.9 Å². The van der Waals surface area contributed by atoms with Crippen LogP contribution in [0.2, 0.25) is 5.02 Å². The Hall–Kier alpha value is -0.570. The van der Waals surface area contributed by atoms with Gasteiger partial charge in [-0.1, -0.05) is 50.4 Å². The number of hydrogen-bond acceptors (Lipinski definition) is 2. The first-order chi connectivity index (χ1) is 9.70. The highest BCUT2D eigenvalue weighted by Crippen LogP contribution is 2.31. The number of likely N-dealkylation sites (N-methyl/N-ethyl adjacent to an activating group) is 1. The maximum absolute atomic E-state index is 6.43. The molecule has 0 spiro atoms. The Labute approximate surface area is 127 Å². The quantitative estimate of drug-likeness (QED) is 0.829. The minimum absolute atomic E-state index is 0.123. The maximum atomic E-state index is 6.43. The summed E-state index contributed by atoms with van der Waals surface area (Å²) in [4.78, 5) is 0. The van der Waals surface area contributed by atoms with Crippen LogP contribution in [0, 0.1) is 5.92 Å². The van der Waals surface area contributed by atoms with Gasteiger partial charge >= 0.3 is 0 Å². The second-order valence-corrected chi connectivity index (χ2v) is 6.22. The molecule has 2 rings (SSSR count). The number of ether oxygens (including phenoxy) is 1. The van der Waals surface area contributed by atoms with Crippen molar-refractivity contribution >= 4 is 11.6 Å². The van der Waals surface area contributed by atoms with E-state index < -0.39 is 0 Å². The molecular formula is C17H26ClNO. The molecule has 1 aliphatic carbocycles. The molecule has 2 nitrogen and oxygen atoms in total. The van der Waals surface area contributed by atoms with Gasteiger partial charge in [0.2, 0.25) is 0 Å². The molecule has 112 valence electrons. The normalized spacial score (nSPS) is 24.6. The van der Waals surface area contributed by atoms with Gasteiger partial charge in [-0.05, 0) is 43.0 Å². The van der Waals surface area contributed by atoms with E-state index in [4.69, 9.17) is 16.3 Å². The molecule has 0 aliphatic heterocycles. The van der Waals surface area contributed by atoms with Gasteiger partial charge in [0.15, 0.2) is 0 Å². The molecular weight excluding hydrogens is 270 g/mol. The molecule has 1 fully saturated rings. The van der Waals surface area contributed by atoms with E-state index in [2.05, 4.69) is 31.3 Å². The summed E-state index contributed by atoms with van der Waals surface area (Å²) < 4.78 is 6.43. The van der Waals surface area contributed by atoms with Gasteiger partial charge in [-0.25, -0.2) is 0 Å². The van der Waals surface area contributed by atoms with E-state index >= 15 is 0 Å². The van der Waals surface area contributed by atoms with Crippen LogP contribution >= 0.6 is 11.6 Å². The van der Waals surface area contributed by atoms with Crippen LogP contribution in [-0.2, 0) is 4.74 Å². The lowest BCUT2D eigenvalue weighted by Crippen LogP contribution is -2.31. The highest BCUT2D eigenvalue weighted by Gasteiger charge is 2.25. The maximum Gasteiger partial charge on any atom is 0.0953 e. The molecule has 0 aromatic heterocycles. The first-order valence-electron chi connectivity index (χ1n) is 7.82. The van der Waals surface area contributed by atoms with Crippen molar-refractivity contribution in [1.82, 2.24) is 5.32 Å². The minimum atomic E-state index is 0.123. The van der Waals surface area contributed by atoms with E-state index in [1.54, 1.807) is 0 Å². The van der Waals surface area contributed by atoms with Crippen molar-refractivity contribution < 1.29 is 4.74 Å². The summed E-state index contributed by atoms with van der Waals surface area (Å²) in [6, 6.07) is 8.06. The summed E-state index contributed by atoms with van der Waals surface area (Å²) in [5.41, 5.74) is 1.22. The van der Waals surface area contributed by atoms with Crippen LogP contribution in [0.15, 0.2) is 24.3 Å². The second-order valence-electron chi connectivity index (χ2n) is 5.78. The molecule has 20 heavy (non-hydrogen) atoms. The molecule has 1 aliphatic rings. The summed E-state index contributed by atoms with van der Waals surface area (Å²) in [6.07, 6.45) is 5.64. The van der Waals surface area contributed by atoms with Crippen LogP contribution in [0.5, 0.6) is 0 Å².